The monoisotopic (exact) mass is 486 g/mol. The highest BCUT2D eigenvalue weighted by Gasteiger charge is 2.14. The molecule has 0 atom stereocenters. The highest BCUT2D eigenvalue weighted by molar-refractivity contribution is 9.10. The third kappa shape index (κ3) is 2.46. The fourth-order valence-electron chi connectivity index (χ4n) is 3.55. The standard InChI is InChI=1S/C22H8Br2N4/c23-13-1-3-15-17(7-13)18-8-14(24)2-4-16(18)22-21(15)27-19-5-11(9-25)12(10-26)6-20(19)28-22/h1-8H. The number of halogens is 2. The first-order valence-corrected chi connectivity index (χ1v) is 9.94. The van der Waals surface area contributed by atoms with E-state index in [9.17, 15) is 10.5 Å². The van der Waals surface area contributed by atoms with Crippen molar-refractivity contribution < 1.29 is 0 Å². The van der Waals surface area contributed by atoms with E-state index in [2.05, 4.69) is 56.1 Å². The Morgan fingerprint density at radius 2 is 1.04 bits per heavy atom. The molecule has 0 aliphatic carbocycles. The third-order valence-corrected chi connectivity index (χ3v) is 5.79. The summed E-state index contributed by atoms with van der Waals surface area (Å²) >= 11 is 7.12. The van der Waals surface area contributed by atoms with Crippen LogP contribution in [0.4, 0.5) is 0 Å². The molecule has 0 aliphatic heterocycles. The summed E-state index contributed by atoms with van der Waals surface area (Å²) in [5, 5.41) is 22.8. The Morgan fingerprint density at radius 1 is 0.607 bits per heavy atom. The molecule has 0 fully saturated rings. The van der Waals surface area contributed by atoms with Crippen molar-refractivity contribution >= 4 is 75.5 Å². The molecule has 0 saturated heterocycles. The summed E-state index contributed by atoms with van der Waals surface area (Å²) in [6.07, 6.45) is 0. The van der Waals surface area contributed by atoms with E-state index in [0.717, 1.165) is 41.5 Å². The van der Waals surface area contributed by atoms with E-state index in [1.54, 1.807) is 12.1 Å². The number of hydrogen-bond donors (Lipinski definition) is 0. The van der Waals surface area contributed by atoms with Crippen LogP contribution in [0.2, 0.25) is 0 Å². The average Bonchev–Trinajstić information content (AvgIpc) is 2.71. The molecule has 5 aromatic rings. The SMILES string of the molecule is N#Cc1cc2nc3c4ccc(Br)cc4c4cc(Br)ccc4c3nc2cc1C#N. The van der Waals surface area contributed by atoms with Crippen molar-refractivity contribution in [3.63, 3.8) is 0 Å². The van der Waals surface area contributed by atoms with E-state index in [1.165, 1.54) is 0 Å². The van der Waals surface area contributed by atoms with Gasteiger partial charge in [0, 0.05) is 19.7 Å². The van der Waals surface area contributed by atoms with Crippen LogP contribution in [-0.2, 0) is 0 Å². The summed E-state index contributed by atoms with van der Waals surface area (Å²) in [6, 6.07) is 19.6. The molecule has 0 bridgehead atoms. The first kappa shape index (κ1) is 17.1. The van der Waals surface area contributed by atoms with Crippen molar-refractivity contribution in [2.75, 3.05) is 0 Å². The summed E-state index contributed by atoms with van der Waals surface area (Å²) in [4.78, 5) is 9.68. The highest BCUT2D eigenvalue weighted by atomic mass is 79.9. The molecule has 0 spiro atoms. The molecule has 0 N–H and O–H groups in total. The lowest BCUT2D eigenvalue weighted by molar-refractivity contribution is 1.38. The molecule has 0 amide bonds. The number of benzene rings is 4. The minimum Gasteiger partial charge on any atom is -0.244 e. The zero-order valence-corrected chi connectivity index (χ0v) is 17.3. The largest absolute Gasteiger partial charge is 0.244 e. The second kappa shape index (κ2) is 6.24. The third-order valence-electron chi connectivity index (χ3n) is 4.81. The number of nitrogens with zero attached hydrogens (tertiary/aromatic N) is 4. The topological polar surface area (TPSA) is 73.4 Å². The van der Waals surface area contributed by atoms with Crippen molar-refractivity contribution in [3.05, 3.63) is 68.6 Å². The van der Waals surface area contributed by atoms with Crippen LogP contribution < -0.4 is 0 Å². The second-order valence-electron chi connectivity index (χ2n) is 6.41. The van der Waals surface area contributed by atoms with E-state index < -0.39 is 0 Å². The lowest BCUT2D eigenvalue weighted by Crippen LogP contribution is -1.94. The molecule has 0 saturated carbocycles. The maximum absolute atomic E-state index is 9.33. The fourth-order valence-corrected chi connectivity index (χ4v) is 4.28. The van der Waals surface area contributed by atoms with E-state index in [4.69, 9.17) is 9.97 Å². The maximum Gasteiger partial charge on any atom is 0.101 e. The molecule has 4 aromatic carbocycles. The molecule has 130 valence electrons. The quantitative estimate of drug-likeness (QED) is 0.188. The molecule has 1 aromatic heterocycles. The molecule has 1 heterocycles. The molecule has 28 heavy (non-hydrogen) atoms. The molecule has 4 nitrogen and oxygen atoms in total. The normalized spacial score (nSPS) is 11.1. The lowest BCUT2D eigenvalue weighted by atomic mass is 9.99. The zero-order valence-electron chi connectivity index (χ0n) is 14.2. The van der Waals surface area contributed by atoms with Gasteiger partial charge in [-0.15, -0.1) is 0 Å². The molecule has 5 rings (SSSR count). The lowest BCUT2D eigenvalue weighted by Gasteiger charge is -2.11. The van der Waals surface area contributed by atoms with Gasteiger partial charge in [0.25, 0.3) is 0 Å². The number of aromatic nitrogens is 2. The van der Waals surface area contributed by atoms with Crippen LogP contribution >= 0.6 is 31.9 Å². The van der Waals surface area contributed by atoms with Gasteiger partial charge in [-0.25, -0.2) is 9.97 Å². The van der Waals surface area contributed by atoms with Crippen molar-refractivity contribution in [2.24, 2.45) is 0 Å². The van der Waals surface area contributed by atoms with Gasteiger partial charge in [0.05, 0.1) is 33.2 Å². The predicted octanol–water partition coefficient (Wildman–Crippen LogP) is 6.36. The van der Waals surface area contributed by atoms with Gasteiger partial charge in [0.2, 0.25) is 0 Å². The molecular weight excluding hydrogens is 480 g/mol. The average molecular weight is 488 g/mol. The Kier molecular flexibility index (Phi) is 3.80. The van der Waals surface area contributed by atoms with E-state index in [-0.39, 0.29) is 0 Å². The Labute approximate surface area is 176 Å². The number of fused-ring (bicyclic) bond motifs is 7. The summed E-state index contributed by atoms with van der Waals surface area (Å²) < 4.78 is 1.97. The summed E-state index contributed by atoms with van der Waals surface area (Å²) in [6.45, 7) is 0. The van der Waals surface area contributed by atoms with Crippen LogP contribution in [0, 0.1) is 22.7 Å². The number of nitriles is 2. The Morgan fingerprint density at radius 3 is 1.43 bits per heavy atom. The van der Waals surface area contributed by atoms with Gasteiger partial charge >= 0.3 is 0 Å². The maximum atomic E-state index is 9.33. The van der Waals surface area contributed by atoms with Gasteiger partial charge in [0.1, 0.15) is 12.1 Å². The summed E-state index contributed by atoms with van der Waals surface area (Å²) in [5.74, 6) is 0. The Bertz CT molecular complexity index is 1440. The zero-order chi connectivity index (χ0) is 19.4. The van der Waals surface area contributed by atoms with Gasteiger partial charge in [-0.3, -0.25) is 0 Å². The first-order chi connectivity index (χ1) is 13.6. The second-order valence-corrected chi connectivity index (χ2v) is 8.24. The molecular formula is C22H8Br2N4. The van der Waals surface area contributed by atoms with Gasteiger partial charge < -0.3 is 0 Å². The van der Waals surface area contributed by atoms with Crippen molar-refractivity contribution in [2.45, 2.75) is 0 Å². The fraction of sp³-hybridized carbons (Fsp3) is 0. The molecule has 0 unspecified atom stereocenters. The van der Waals surface area contributed by atoms with Crippen LogP contribution in [0.3, 0.4) is 0 Å². The van der Waals surface area contributed by atoms with Crippen molar-refractivity contribution in [3.8, 4) is 12.1 Å². The number of rotatable bonds is 0. The van der Waals surface area contributed by atoms with Gasteiger partial charge in [-0.1, -0.05) is 44.0 Å². The van der Waals surface area contributed by atoms with E-state index >= 15 is 0 Å². The minimum absolute atomic E-state index is 0.306. The van der Waals surface area contributed by atoms with Crippen LogP contribution in [0.1, 0.15) is 11.1 Å². The van der Waals surface area contributed by atoms with E-state index in [1.807, 2.05) is 24.3 Å². The highest BCUT2D eigenvalue weighted by Crippen LogP contribution is 2.37. The summed E-state index contributed by atoms with van der Waals surface area (Å²) in [7, 11) is 0. The van der Waals surface area contributed by atoms with Crippen molar-refractivity contribution in [1.29, 1.82) is 10.5 Å². The first-order valence-electron chi connectivity index (χ1n) is 8.35. The van der Waals surface area contributed by atoms with Crippen LogP contribution in [-0.4, -0.2) is 9.97 Å². The van der Waals surface area contributed by atoms with E-state index in [0.29, 0.717) is 22.2 Å². The molecule has 0 aliphatic rings. The van der Waals surface area contributed by atoms with Crippen LogP contribution in [0.5, 0.6) is 0 Å². The van der Waals surface area contributed by atoms with Gasteiger partial charge in [-0.2, -0.15) is 10.5 Å². The molecule has 0 radical (unpaired) electrons. The molecule has 6 heteroatoms. The van der Waals surface area contributed by atoms with Crippen LogP contribution in [0.15, 0.2) is 57.5 Å². The summed E-state index contributed by atoms with van der Waals surface area (Å²) in [5.41, 5.74) is 3.37. The Hall–Kier alpha value is -3.06. The van der Waals surface area contributed by atoms with Gasteiger partial charge in [-0.05, 0) is 47.2 Å². The number of hydrogen-bond acceptors (Lipinski definition) is 4. The van der Waals surface area contributed by atoms with Gasteiger partial charge in [0.15, 0.2) is 0 Å². The van der Waals surface area contributed by atoms with Crippen LogP contribution in [0.25, 0.3) is 43.6 Å². The smallest absolute Gasteiger partial charge is 0.101 e. The minimum atomic E-state index is 0.306. The Balaban J connectivity index is 2.07. The predicted molar refractivity (Wildman–Crippen MR) is 117 cm³/mol. The van der Waals surface area contributed by atoms with Crippen molar-refractivity contribution in [1.82, 2.24) is 9.97 Å².